The van der Waals surface area contributed by atoms with Crippen LogP contribution in [0.15, 0.2) is 30.3 Å². The molecule has 2 N–H and O–H groups in total. The lowest BCUT2D eigenvalue weighted by atomic mass is 10.2. The minimum Gasteiger partial charge on any atom is -0.384 e. The zero-order valence-electron chi connectivity index (χ0n) is 10.7. The average Bonchev–Trinajstić information content (AvgIpc) is 2.89. The third-order valence-corrected chi connectivity index (χ3v) is 3.57. The number of benzene rings is 1. The normalized spacial score (nSPS) is 9.75. The van der Waals surface area contributed by atoms with Gasteiger partial charge in [0.1, 0.15) is 12.4 Å². The molecule has 0 aliphatic rings. The molecule has 1 amide bonds. The Bertz CT molecular complexity index is 697. The maximum atomic E-state index is 13.2. The maximum Gasteiger partial charge on any atom is 0.265 e. The summed E-state index contributed by atoms with van der Waals surface area (Å²) in [5.41, 5.74) is 1.24. The Morgan fingerprint density at radius 1 is 1.40 bits per heavy atom. The van der Waals surface area contributed by atoms with Crippen LogP contribution < -0.4 is 5.32 Å². The number of anilines is 1. The second-order valence-corrected chi connectivity index (χ2v) is 5.12. The lowest BCUT2D eigenvalue weighted by Crippen LogP contribution is -2.11. The summed E-state index contributed by atoms with van der Waals surface area (Å²) in [6.07, 6.45) is 0. The highest BCUT2D eigenvalue weighted by Gasteiger charge is 2.10. The molecule has 0 unspecified atom stereocenters. The molecule has 3 nitrogen and oxygen atoms in total. The number of carbonyl (C=O) groups excluding carboxylic acids is 1. The number of thiophene rings is 1. The van der Waals surface area contributed by atoms with E-state index in [0.717, 1.165) is 5.56 Å². The van der Waals surface area contributed by atoms with E-state index in [0.29, 0.717) is 15.4 Å². The number of rotatable bonds is 2. The lowest BCUT2D eigenvalue weighted by molar-refractivity contribution is 0.103. The van der Waals surface area contributed by atoms with Crippen LogP contribution in [0.1, 0.15) is 20.1 Å². The van der Waals surface area contributed by atoms with E-state index in [1.54, 1.807) is 25.1 Å². The van der Waals surface area contributed by atoms with Gasteiger partial charge in [0.2, 0.25) is 0 Å². The highest BCUT2D eigenvalue weighted by Crippen LogP contribution is 2.20. The van der Waals surface area contributed by atoms with E-state index in [9.17, 15) is 9.18 Å². The second kappa shape index (κ2) is 6.33. The smallest absolute Gasteiger partial charge is 0.265 e. The van der Waals surface area contributed by atoms with Gasteiger partial charge in [0.15, 0.2) is 0 Å². The van der Waals surface area contributed by atoms with Crippen LogP contribution in [0.5, 0.6) is 0 Å². The predicted octanol–water partition coefficient (Wildman–Crippen LogP) is 2.79. The van der Waals surface area contributed by atoms with Crippen molar-refractivity contribution in [3.63, 3.8) is 0 Å². The molecule has 102 valence electrons. The molecule has 0 saturated carbocycles. The van der Waals surface area contributed by atoms with Gasteiger partial charge < -0.3 is 10.4 Å². The summed E-state index contributed by atoms with van der Waals surface area (Å²) < 4.78 is 13.2. The Morgan fingerprint density at radius 2 is 2.20 bits per heavy atom. The predicted molar refractivity (Wildman–Crippen MR) is 77.4 cm³/mol. The molecule has 0 spiro atoms. The van der Waals surface area contributed by atoms with Crippen molar-refractivity contribution in [1.82, 2.24) is 0 Å². The Balaban J connectivity index is 2.15. The van der Waals surface area contributed by atoms with Crippen molar-refractivity contribution in [2.75, 3.05) is 11.9 Å². The fraction of sp³-hybridized carbons (Fsp3) is 0.133. The van der Waals surface area contributed by atoms with Crippen LogP contribution in [0.3, 0.4) is 0 Å². The zero-order chi connectivity index (χ0) is 14.5. The van der Waals surface area contributed by atoms with Gasteiger partial charge in [0.25, 0.3) is 5.91 Å². The van der Waals surface area contributed by atoms with Gasteiger partial charge >= 0.3 is 0 Å². The van der Waals surface area contributed by atoms with Gasteiger partial charge in [-0.15, -0.1) is 11.3 Å². The molecule has 2 rings (SSSR count). The van der Waals surface area contributed by atoms with E-state index >= 15 is 0 Å². The van der Waals surface area contributed by atoms with Gasteiger partial charge in [0, 0.05) is 5.69 Å². The first kappa shape index (κ1) is 14.3. The number of carbonyl (C=O) groups is 1. The third kappa shape index (κ3) is 3.44. The first-order valence-electron chi connectivity index (χ1n) is 5.87. The molecule has 20 heavy (non-hydrogen) atoms. The van der Waals surface area contributed by atoms with Crippen molar-refractivity contribution >= 4 is 22.9 Å². The summed E-state index contributed by atoms with van der Waals surface area (Å²) in [5.74, 6) is 4.55. The minimum absolute atomic E-state index is 0.220. The number of aryl methyl sites for hydroxylation is 1. The quantitative estimate of drug-likeness (QED) is 0.835. The van der Waals surface area contributed by atoms with Crippen LogP contribution in [0.2, 0.25) is 0 Å². The molecular formula is C15H12FNO2S. The molecule has 1 aromatic heterocycles. The number of amides is 1. The number of nitrogens with one attached hydrogen (secondary N) is 1. The number of hydrogen-bond donors (Lipinski definition) is 2. The van der Waals surface area contributed by atoms with E-state index in [-0.39, 0.29) is 12.5 Å². The van der Waals surface area contributed by atoms with E-state index in [1.807, 2.05) is 0 Å². The van der Waals surface area contributed by atoms with Crippen molar-refractivity contribution < 1.29 is 14.3 Å². The second-order valence-electron chi connectivity index (χ2n) is 4.04. The molecule has 0 radical (unpaired) electrons. The Labute approximate surface area is 120 Å². The Kier molecular flexibility index (Phi) is 4.51. The topological polar surface area (TPSA) is 49.3 Å². The van der Waals surface area contributed by atoms with Crippen LogP contribution in [0, 0.1) is 24.6 Å². The van der Waals surface area contributed by atoms with E-state index in [4.69, 9.17) is 5.11 Å². The maximum absolute atomic E-state index is 13.2. The molecule has 2 aromatic rings. The zero-order valence-corrected chi connectivity index (χ0v) is 11.6. The summed E-state index contributed by atoms with van der Waals surface area (Å²) in [4.78, 5) is 13.2. The van der Waals surface area contributed by atoms with Crippen molar-refractivity contribution in [3.05, 3.63) is 51.5 Å². The molecule has 0 aliphatic carbocycles. The fourth-order valence-corrected chi connectivity index (χ4v) is 2.34. The summed E-state index contributed by atoms with van der Waals surface area (Å²) in [6, 6.07) is 7.60. The summed E-state index contributed by atoms with van der Waals surface area (Å²) >= 11 is 1.22. The van der Waals surface area contributed by atoms with Crippen molar-refractivity contribution in [3.8, 4) is 11.8 Å². The van der Waals surface area contributed by atoms with Gasteiger partial charge in [0.05, 0.1) is 9.75 Å². The molecule has 0 atom stereocenters. The minimum atomic E-state index is -0.397. The molecule has 1 heterocycles. The van der Waals surface area contributed by atoms with Crippen LogP contribution in [-0.2, 0) is 0 Å². The Hall–Kier alpha value is -2.16. The van der Waals surface area contributed by atoms with E-state index in [1.165, 1.54) is 23.5 Å². The van der Waals surface area contributed by atoms with Crippen LogP contribution in [-0.4, -0.2) is 17.6 Å². The number of halogens is 1. The van der Waals surface area contributed by atoms with Crippen LogP contribution in [0.25, 0.3) is 0 Å². The van der Waals surface area contributed by atoms with E-state index < -0.39 is 5.82 Å². The first-order chi connectivity index (χ1) is 9.60. The molecule has 0 aliphatic heterocycles. The van der Waals surface area contributed by atoms with E-state index in [2.05, 4.69) is 17.2 Å². The SMILES string of the molecule is Cc1ccc(F)cc1NC(=O)c1ccc(C#CCO)s1. The van der Waals surface area contributed by atoms with Gasteiger partial charge in [-0.05, 0) is 36.8 Å². The molecule has 0 saturated heterocycles. The fourth-order valence-electron chi connectivity index (χ4n) is 1.57. The monoisotopic (exact) mass is 289 g/mol. The highest BCUT2D eigenvalue weighted by molar-refractivity contribution is 7.14. The van der Waals surface area contributed by atoms with Crippen molar-refractivity contribution in [1.29, 1.82) is 0 Å². The highest BCUT2D eigenvalue weighted by atomic mass is 32.1. The third-order valence-electron chi connectivity index (χ3n) is 2.57. The molecule has 5 heteroatoms. The number of aliphatic hydroxyl groups is 1. The summed E-state index contributed by atoms with van der Waals surface area (Å²) in [5, 5.41) is 11.3. The van der Waals surface area contributed by atoms with Crippen molar-refractivity contribution in [2.24, 2.45) is 0 Å². The van der Waals surface area contributed by atoms with Gasteiger partial charge in [-0.2, -0.15) is 0 Å². The van der Waals surface area contributed by atoms with Gasteiger partial charge in [-0.3, -0.25) is 4.79 Å². The molecule has 1 aromatic carbocycles. The first-order valence-corrected chi connectivity index (χ1v) is 6.69. The summed E-state index contributed by atoms with van der Waals surface area (Å²) in [7, 11) is 0. The molecule has 0 fully saturated rings. The lowest BCUT2D eigenvalue weighted by Gasteiger charge is -2.07. The molecular weight excluding hydrogens is 277 g/mol. The average molecular weight is 289 g/mol. The summed E-state index contributed by atoms with van der Waals surface area (Å²) in [6.45, 7) is 1.57. The largest absolute Gasteiger partial charge is 0.384 e. The van der Waals surface area contributed by atoms with Gasteiger partial charge in [-0.1, -0.05) is 17.9 Å². The van der Waals surface area contributed by atoms with Gasteiger partial charge in [-0.25, -0.2) is 4.39 Å². The van der Waals surface area contributed by atoms with Crippen molar-refractivity contribution in [2.45, 2.75) is 6.92 Å². The number of aliphatic hydroxyl groups excluding tert-OH is 1. The standard InChI is InChI=1S/C15H12FNO2S/c1-10-4-5-11(16)9-13(10)17-15(19)14-7-6-12(20-14)3-2-8-18/h4-7,9,18H,8H2,1H3,(H,17,19). The molecule has 0 bridgehead atoms. The Morgan fingerprint density at radius 3 is 2.95 bits per heavy atom. The van der Waals surface area contributed by atoms with Crippen LogP contribution >= 0.6 is 11.3 Å². The van der Waals surface area contributed by atoms with Crippen LogP contribution in [0.4, 0.5) is 10.1 Å². The number of hydrogen-bond acceptors (Lipinski definition) is 3.